The van der Waals surface area contributed by atoms with Crippen molar-refractivity contribution in [2.75, 3.05) is 6.61 Å². The van der Waals surface area contributed by atoms with Gasteiger partial charge in [0.1, 0.15) is 5.75 Å². The van der Waals surface area contributed by atoms with E-state index < -0.39 is 17.2 Å². The summed E-state index contributed by atoms with van der Waals surface area (Å²) in [6.07, 6.45) is 3.99. The Morgan fingerprint density at radius 1 is 1.03 bits per heavy atom. The average Bonchev–Trinajstić information content (AvgIpc) is 3.23. The number of aromatic amines is 1. The summed E-state index contributed by atoms with van der Waals surface area (Å²) in [6.45, 7) is 0.384. The Kier molecular flexibility index (Phi) is 5.93. The van der Waals surface area contributed by atoms with Crippen molar-refractivity contribution >= 4 is 16.7 Å². The van der Waals surface area contributed by atoms with Gasteiger partial charge in [-0.2, -0.15) is 0 Å². The number of carbonyl (C=O) groups is 1. The van der Waals surface area contributed by atoms with Gasteiger partial charge in [-0.25, -0.2) is 8.78 Å². The quantitative estimate of drug-likeness (QED) is 0.331. The van der Waals surface area contributed by atoms with Gasteiger partial charge in [-0.3, -0.25) is 9.59 Å². The fourth-order valence-electron chi connectivity index (χ4n) is 3.38. The topological polar surface area (TPSA) is 64.1 Å². The minimum absolute atomic E-state index is 0.0431. The number of benzene rings is 2. The molecule has 0 aliphatic rings. The molecule has 2 aromatic carbocycles. The Labute approximate surface area is 176 Å². The van der Waals surface area contributed by atoms with Gasteiger partial charge in [0.15, 0.2) is 17.4 Å². The highest BCUT2D eigenvalue weighted by atomic mass is 19.2. The standard InChI is InChI=1S/C24H20F2N2O3/c25-20-8-5-16(13-21(20)26)15-28-11-1-3-19(24(28)30)23(29)4-2-12-31-18-7-6-17-9-10-27-22(17)14-18/h1,3,5-11,13-14,27H,2,4,12,15H2. The summed E-state index contributed by atoms with van der Waals surface area (Å²) in [5.41, 5.74) is 1.01. The van der Waals surface area contributed by atoms with Gasteiger partial charge in [0, 0.05) is 30.4 Å². The van der Waals surface area contributed by atoms with Gasteiger partial charge >= 0.3 is 0 Å². The second kappa shape index (κ2) is 8.95. The number of halogens is 2. The number of pyridine rings is 1. The third kappa shape index (κ3) is 4.71. The van der Waals surface area contributed by atoms with Crippen LogP contribution in [-0.2, 0) is 6.54 Å². The van der Waals surface area contributed by atoms with Crippen molar-refractivity contribution in [3.05, 3.63) is 100 Å². The maximum atomic E-state index is 13.4. The minimum atomic E-state index is -0.979. The summed E-state index contributed by atoms with van der Waals surface area (Å²) >= 11 is 0. The van der Waals surface area contributed by atoms with Crippen LogP contribution in [0.15, 0.2) is 71.8 Å². The molecule has 7 heteroatoms. The summed E-state index contributed by atoms with van der Waals surface area (Å²) < 4.78 is 33.5. The van der Waals surface area contributed by atoms with Gasteiger partial charge in [0.2, 0.25) is 0 Å². The molecule has 0 unspecified atom stereocenters. The number of nitrogens with zero attached hydrogens (tertiary/aromatic N) is 1. The number of ketones is 1. The van der Waals surface area contributed by atoms with E-state index in [4.69, 9.17) is 4.74 Å². The first-order valence-corrected chi connectivity index (χ1v) is 9.88. The lowest BCUT2D eigenvalue weighted by Crippen LogP contribution is -2.26. The SMILES string of the molecule is O=C(CCCOc1ccc2cc[nH]c2c1)c1cccn(Cc2ccc(F)c(F)c2)c1=O. The average molecular weight is 422 g/mol. The monoisotopic (exact) mass is 422 g/mol. The number of fused-ring (bicyclic) bond motifs is 1. The summed E-state index contributed by atoms with van der Waals surface area (Å²) in [5.74, 6) is -1.51. The smallest absolute Gasteiger partial charge is 0.261 e. The lowest BCUT2D eigenvalue weighted by molar-refractivity contribution is 0.0971. The molecule has 4 aromatic rings. The molecule has 1 N–H and O–H groups in total. The van der Waals surface area contributed by atoms with Crippen molar-refractivity contribution in [2.45, 2.75) is 19.4 Å². The molecular weight excluding hydrogens is 402 g/mol. The third-order valence-corrected chi connectivity index (χ3v) is 5.00. The molecule has 0 spiro atoms. The maximum absolute atomic E-state index is 13.4. The normalized spacial score (nSPS) is 11.0. The summed E-state index contributed by atoms with van der Waals surface area (Å²) in [6, 6.07) is 14.2. The third-order valence-electron chi connectivity index (χ3n) is 5.00. The van der Waals surface area contributed by atoms with Gasteiger partial charge in [-0.15, -0.1) is 0 Å². The minimum Gasteiger partial charge on any atom is -0.494 e. The predicted octanol–water partition coefficient (Wildman–Crippen LogP) is 4.70. The fourth-order valence-corrected chi connectivity index (χ4v) is 3.38. The molecule has 0 fully saturated rings. The van der Waals surface area contributed by atoms with Crippen LogP contribution in [0.25, 0.3) is 10.9 Å². The van der Waals surface area contributed by atoms with Crippen molar-refractivity contribution in [1.82, 2.24) is 9.55 Å². The number of Topliss-reactive ketones (excluding diaryl/α,β-unsaturated/α-hetero) is 1. The summed E-state index contributed by atoms with van der Waals surface area (Å²) in [7, 11) is 0. The predicted molar refractivity (Wildman–Crippen MR) is 114 cm³/mol. The second-order valence-electron chi connectivity index (χ2n) is 7.21. The van der Waals surface area contributed by atoms with E-state index in [-0.39, 0.29) is 24.3 Å². The van der Waals surface area contributed by atoms with Gasteiger partial charge in [-0.1, -0.05) is 6.07 Å². The van der Waals surface area contributed by atoms with Crippen LogP contribution < -0.4 is 10.3 Å². The molecule has 0 radical (unpaired) electrons. The lowest BCUT2D eigenvalue weighted by Gasteiger charge is -2.09. The molecule has 158 valence electrons. The molecule has 0 atom stereocenters. The van der Waals surface area contributed by atoms with Gasteiger partial charge in [0.25, 0.3) is 5.56 Å². The molecule has 0 saturated heterocycles. The second-order valence-corrected chi connectivity index (χ2v) is 7.21. The van der Waals surface area contributed by atoms with Crippen LogP contribution in [-0.4, -0.2) is 21.9 Å². The largest absolute Gasteiger partial charge is 0.494 e. The maximum Gasteiger partial charge on any atom is 0.261 e. The molecule has 2 heterocycles. The molecule has 0 bridgehead atoms. The van der Waals surface area contributed by atoms with Crippen molar-refractivity contribution < 1.29 is 18.3 Å². The van der Waals surface area contributed by atoms with Crippen LogP contribution in [0.5, 0.6) is 5.75 Å². The highest BCUT2D eigenvalue weighted by Gasteiger charge is 2.13. The lowest BCUT2D eigenvalue weighted by atomic mass is 10.1. The van der Waals surface area contributed by atoms with Crippen LogP contribution in [0.1, 0.15) is 28.8 Å². The molecule has 0 saturated carbocycles. The number of H-pyrrole nitrogens is 1. The van der Waals surface area contributed by atoms with Crippen LogP contribution >= 0.6 is 0 Å². The van der Waals surface area contributed by atoms with E-state index in [2.05, 4.69) is 4.98 Å². The van der Waals surface area contributed by atoms with E-state index in [0.29, 0.717) is 24.3 Å². The van der Waals surface area contributed by atoms with Gasteiger partial charge < -0.3 is 14.3 Å². The molecule has 2 aromatic heterocycles. The number of aromatic nitrogens is 2. The zero-order chi connectivity index (χ0) is 21.8. The Hall–Kier alpha value is -3.74. The van der Waals surface area contributed by atoms with Crippen molar-refractivity contribution in [2.24, 2.45) is 0 Å². The molecule has 0 amide bonds. The first-order chi connectivity index (χ1) is 15.0. The van der Waals surface area contributed by atoms with Gasteiger partial charge in [-0.05, 0) is 59.8 Å². The Balaban J connectivity index is 1.36. The van der Waals surface area contributed by atoms with E-state index in [0.717, 1.165) is 23.0 Å². The highest BCUT2D eigenvalue weighted by molar-refractivity contribution is 5.95. The van der Waals surface area contributed by atoms with Crippen LogP contribution in [0, 0.1) is 11.6 Å². The molecular formula is C24H20F2N2O3. The van der Waals surface area contributed by atoms with E-state index in [9.17, 15) is 18.4 Å². The number of ether oxygens (including phenoxy) is 1. The molecule has 4 rings (SSSR count). The highest BCUT2D eigenvalue weighted by Crippen LogP contribution is 2.19. The van der Waals surface area contributed by atoms with Gasteiger partial charge in [0.05, 0.1) is 18.7 Å². The van der Waals surface area contributed by atoms with Crippen molar-refractivity contribution in [3.8, 4) is 5.75 Å². The Morgan fingerprint density at radius 3 is 2.74 bits per heavy atom. The molecule has 0 aliphatic carbocycles. The summed E-state index contributed by atoms with van der Waals surface area (Å²) in [5, 5.41) is 1.09. The number of hydrogen-bond acceptors (Lipinski definition) is 3. The number of carbonyl (C=O) groups excluding carboxylic acids is 1. The van der Waals surface area contributed by atoms with E-state index >= 15 is 0 Å². The molecule has 31 heavy (non-hydrogen) atoms. The summed E-state index contributed by atoms with van der Waals surface area (Å²) in [4.78, 5) is 28.3. The van der Waals surface area contributed by atoms with Crippen LogP contribution in [0.4, 0.5) is 8.78 Å². The van der Waals surface area contributed by atoms with Crippen LogP contribution in [0.3, 0.4) is 0 Å². The van der Waals surface area contributed by atoms with Crippen molar-refractivity contribution in [1.29, 1.82) is 0 Å². The Morgan fingerprint density at radius 2 is 1.90 bits per heavy atom. The van der Waals surface area contributed by atoms with E-state index in [1.807, 2.05) is 30.5 Å². The molecule has 5 nitrogen and oxygen atoms in total. The number of rotatable bonds is 8. The van der Waals surface area contributed by atoms with E-state index in [1.165, 1.54) is 22.9 Å². The Bertz CT molecular complexity index is 1290. The number of hydrogen-bond donors (Lipinski definition) is 1. The molecule has 0 aliphatic heterocycles. The van der Waals surface area contributed by atoms with Crippen molar-refractivity contribution in [3.63, 3.8) is 0 Å². The zero-order valence-electron chi connectivity index (χ0n) is 16.6. The first-order valence-electron chi connectivity index (χ1n) is 9.88. The van der Waals surface area contributed by atoms with E-state index in [1.54, 1.807) is 6.07 Å². The number of nitrogens with one attached hydrogen (secondary N) is 1. The first kappa shape index (κ1) is 20.5. The zero-order valence-corrected chi connectivity index (χ0v) is 16.6. The fraction of sp³-hybridized carbons (Fsp3) is 0.167. The van der Waals surface area contributed by atoms with Crippen LogP contribution in [0.2, 0.25) is 0 Å².